The molecule has 0 atom stereocenters. The zero-order valence-electron chi connectivity index (χ0n) is 6.87. The summed E-state index contributed by atoms with van der Waals surface area (Å²) in [6.07, 6.45) is 0. The molecule has 0 saturated heterocycles. The molecular formula is C8H9ClFNO2. The second kappa shape index (κ2) is 4.09. The molecule has 13 heavy (non-hydrogen) atoms. The third kappa shape index (κ3) is 2.32. The topological polar surface area (TPSA) is 63.3 Å². The fourth-order valence-corrected chi connectivity index (χ4v) is 0.922. The Morgan fingerprint density at radius 3 is 2.54 bits per heavy atom. The number of nitrogen functional groups attached to an aromatic ring is 1. The van der Waals surface area contributed by atoms with E-state index in [1.54, 1.807) is 0 Å². The molecule has 3 nitrogen and oxygen atoms in total. The fraction of sp³-hybridized carbons (Fsp3) is 0.125. The van der Waals surface area contributed by atoms with E-state index in [4.69, 9.17) is 10.8 Å². The third-order valence-electron chi connectivity index (χ3n) is 1.64. The summed E-state index contributed by atoms with van der Waals surface area (Å²) in [6, 6.07) is 2.05. The molecule has 0 aromatic heterocycles. The number of hydrogen-bond acceptors (Lipinski definition) is 2. The number of benzene rings is 1. The van der Waals surface area contributed by atoms with Crippen LogP contribution < -0.4 is 5.73 Å². The molecule has 1 aromatic carbocycles. The van der Waals surface area contributed by atoms with Crippen molar-refractivity contribution in [1.29, 1.82) is 0 Å². The van der Waals surface area contributed by atoms with Gasteiger partial charge in [-0.25, -0.2) is 9.18 Å². The van der Waals surface area contributed by atoms with Gasteiger partial charge in [0.15, 0.2) is 0 Å². The van der Waals surface area contributed by atoms with Crippen molar-refractivity contribution in [3.05, 3.63) is 29.1 Å². The first-order valence-corrected chi connectivity index (χ1v) is 3.31. The van der Waals surface area contributed by atoms with Crippen molar-refractivity contribution in [2.75, 3.05) is 5.73 Å². The highest BCUT2D eigenvalue weighted by Gasteiger charge is 2.10. The van der Waals surface area contributed by atoms with Crippen molar-refractivity contribution in [1.82, 2.24) is 0 Å². The molecule has 0 unspecified atom stereocenters. The predicted octanol–water partition coefficient (Wildman–Crippen LogP) is 1.84. The minimum absolute atomic E-state index is 0. The maximum Gasteiger partial charge on any atom is 0.336 e. The van der Waals surface area contributed by atoms with E-state index >= 15 is 0 Å². The molecule has 0 amide bonds. The fourth-order valence-electron chi connectivity index (χ4n) is 0.922. The summed E-state index contributed by atoms with van der Waals surface area (Å²) in [5, 5.41) is 8.59. The van der Waals surface area contributed by atoms with Crippen LogP contribution >= 0.6 is 12.4 Å². The van der Waals surface area contributed by atoms with Crippen molar-refractivity contribution in [3.8, 4) is 0 Å². The molecule has 0 aliphatic rings. The second-order valence-electron chi connectivity index (χ2n) is 2.47. The van der Waals surface area contributed by atoms with E-state index in [9.17, 15) is 9.18 Å². The minimum Gasteiger partial charge on any atom is -0.478 e. The molecule has 5 heteroatoms. The predicted molar refractivity (Wildman–Crippen MR) is 49.8 cm³/mol. The van der Waals surface area contributed by atoms with Gasteiger partial charge in [-0.15, -0.1) is 12.4 Å². The number of carbonyl (C=O) groups is 1. The molecule has 0 saturated carbocycles. The number of rotatable bonds is 1. The Hall–Kier alpha value is -1.29. The molecule has 1 rings (SSSR count). The Morgan fingerprint density at radius 2 is 2.08 bits per heavy atom. The van der Waals surface area contributed by atoms with Crippen LogP contribution in [0.1, 0.15) is 15.9 Å². The quantitative estimate of drug-likeness (QED) is 0.688. The van der Waals surface area contributed by atoms with E-state index in [0.717, 1.165) is 12.1 Å². The molecule has 72 valence electrons. The molecular weight excluding hydrogens is 197 g/mol. The van der Waals surface area contributed by atoms with Crippen LogP contribution in [0.15, 0.2) is 12.1 Å². The first-order valence-electron chi connectivity index (χ1n) is 3.31. The summed E-state index contributed by atoms with van der Waals surface area (Å²) in [6.45, 7) is 1.54. The minimum atomic E-state index is -1.17. The lowest BCUT2D eigenvalue weighted by Gasteiger charge is -2.03. The normalized spacial score (nSPS) is 9.08. The molecule has 0 spiro atoms. The first-order chi connectivity index (χ1) is 5.52. The number of halogens is 2. The van der Waals surface area contributed by atoms with E-state index in [-0.39, 0.29) is 23.7 Å². The summed E-state index contributed by atoms with van der Waals surface area (Å²) >= 11 is 0. The lowest BCUT2D eigenvalue weighted by molar-refractivity contribution is 0.0695. The van der Waals surface area contributed by atoms with Crippen LogP contribution in [0.3, 0.4) is 0 Å². The average Bonchev–Trinajstić information content (AvgIpc) is 1.96. The van der Waals surface area contributed by atoms with E-state index in [0.29, 0.717) is 5.56 Å². The molecule has 0 radical (unpaired) electrons. The van der Waals surface area contributed by atoms with E-state index in [1.807, 2.05) is 0 Å². The van der Waals surface area contributed by atoms with E-state index in [2.05, 4.69) is 0 Å². The lowest BCUT2D eigenvalue weighted by Crippen LogP contribution is -2.03. The van der Waals surface area contributed by atoms with Crippen molar-refractivity contribution in [3.63, 3.8) is 0 Å². The molecule has 0 aliphatic heterocycles. The second-order valence-corrected chi connectivity index (χ2v) is 2.47. The highest BCUT2D eigenvalue weighted by atomic mass is 35.5. The average molecular weight is 206 g/mol. The van der Waals surface area contributed by atoms with Crippen LogP contribution in [-0.2, 0) is 0 Å². The number of hydrogen-bond donors (Lipinski definition) is 2. The Bertz CT molecular complexity index is 341. The third-order valence-corrected chi connectivity index (χ3v) is 1.64. The highest BCUT2D eigenvalue weighted by molar-refractivity contribution is 5.91. The van der Waals surface area contributed by atoms with Crippen molar-refractivity contribution in [2.45, 2.75) is 6.92 Å². The van der Waals surface area contributed by atoms with Crippen molar-refractivity contribution < 1.29 is 14.3 Å². The standard InChI is InChI=1S/C8H8FNO2.ClH/c1-4-6(8(11)12)2-5(9)3-7(4)10;/h2-3H,10H2,1H3,(H,11,12);1H. The van der Waals surface area contributed by atoms with Gasteiger partial charge >= 0.3 is 5.97 Å². The molecule has 0 bridgehead atoms. The SMILES string of the molecule is Cc1c(N)cc(F)cc1C(=O)O.Cl. The molecule has 0 heterocycles. The highest BCUT2D eigenvalue weighted by Crippen LogP contribution is 2.17. The number of anilines is 1. The summed E-state index contributed by atoms with van der Waals surface area (Å²) in [5.41, 5.74) is 5.82. The lowest BCUT2D eigenvalue weighted by atomic mass is 10.1. The van der Waals surface area contributed by atoms with Gasteiger partial charge in [0.25, 0.3) is 0 Å². The van der Waals surface area contributed by atoms with Crippen LogP contribution in [0, 0.1) is 12.7 Å². The number of aromatic carboxylic acids is 1. The van der Waals surface area contributed by atoms with E-state index in [1.165, 1.54) is 6.92 Å². The maximum atomic E-state index is 12.6. The van der Waals surface area contributed by atoms with Crippen LogP contribution in [0.5, 0.6) is 0 Å². The first kappa shape index (κ1) is 11.7. The van der Waals surface area contributed by atoms with Gasteiger partial charge in [-0.2, -0.15) is 0 Å². The molecule has 0 aliphatic carbocycles. The van der Waals surface area contributed by atoms with Crippen LogP contribution in [0.4, 0.5) is 10.1 Å². The van der Waals surface area contributed by atoms with Crippen LogP contribution in [0.25, 0.3) is 0 Å². The van der Waals surface area contributed by atoms with Gasteiger partial charge in [0.05, 0.1) is 5.56 Å². The smallest absolute Gasteiger partial charge is 0.336 e. The Labute approximate surface area is 80.8 Å². The molecule has 3 N–H and O–H groups in total. The Balaban J connectivity index is 0.00000144. The molecule has 0 fully saturated rings. The Morgan fingerprint density at radius 1 is 1.54 bits per heavy atom. The maximum absolute atomic E-state index is 12.6. The van der Waals surface area contributed by atoms with E-state index < -0.39 is 11.8 Å². The van der Waals surface area contributed by atoms with Crippen molar-refractivity contribution in [2.24, 2.45) is 0 Å². The van der Waals surface area contributed by atoms with Gasteiger partial charge in [-0.05, 0) is 24.6 Å². The van der Waals surface area contributed by atoms with Gasteiger partial charge in [-0.1, -0.05) is 0 Å². The van der Waals surface area contributed by atoms with Gasteiger partial charge in [0.2, 0.25) is 0 Å². The summed E-state index contributed by atoms with van der Waals surface area (Å²) in [5.74, 6) is -1.80. The van der Waals surface area contributed by atoms with Gasteiger partial charge < -0.3 is 10.8 Å². The zero-order chi connectivity index (χ0) is 9.30. The number of carboxylic acids is 1. The van der Waals surface area contributed by atoms with Gasteiger partial charge in [0.1, 0.15) is 5.82 Å². The zero-order valence-corrected chi connectivity index (χ0v) is 7.69. The molecule has 1 aromatic rings. The van der Waals surface area contributed by atoms with Crippen LogP contribution in [-0.4, -0.2) is 11.1 Å². The van der Waals surface area contributed by atoms with Crippen molar-refractivity contribution >= 4 is 24.1 Å². The van der Waals surface area contributed by atoms with Crippen LogP contribution in [0.2, 0.25) is 0 Å². The van der Waals surface area contributed by atoms with Gasteiger partial charge in [0, 0.05) is 5.69 Å². The summed E-state index contributed by atoms with van der Waals surface area (Å²) < 4.78 is 12.6. The largest absolute Gasteiger partial charge is 0.478 e. The summed E-state index contributed by atoms with van der Waals surface area (Å²) in [7, 11) is 0. The Kier molecular flexibility index (Phi) is 3.69. The number of carboxylic acid groups (broad SMARTS) is 1. The van der Waals surface area contributed by atoms with Gasteiger partial charge in [-0.3, -0.25) is 0 Å². The summed E-state index contributed by atoms with van der Waals surface area (Å²) in [4.78, 5) is 10.5. The monoisotopic (exact) mass is 205 g/mol. The number of nitrogens with two attached hydrogens (primary N) is 1.